The lowest BCUT2D eigenvalue weighted by atomic mass is 10.0. The minimum Gasteiger partial charge on any atom is -0.206 e. The predicted molar refractivity (Wildman–Crippen MR) is 55.3 cm³/mol. The molecular formula is C13H8F3. The van der Waals surface area contributed by atoms with Gasteiger partial charge in [-0.05, 0) is 36.2 Å². The maximum absolute atomic E-state index is 13.6. The summed E-state index contributed by atoms with van der Waals surface area (Å²) in [5, 5.41) is 0. The van der Waals surface area contributed by atoms with Crippen LogP contribution in [0.3, 0.4) is 0 Å². The maximum Gasteiger partial charge on any atom is 0.134 e. The molecule has 0 N–H and O–H groups in total. The van der Waals surface area contributed by atoms with Crippen LogP contribution in [0.1, 0.15) is 5.56 Å². The van der Waals surface area contributed by atoms with Crippen LogP contribution in [-0.4, -0.2) is 0 Å². The van der Waals surface area contributed by atoms with Gasteiger partial charge in [-0.1, -0.05) is 12.1 Å². The molecule has 0 amide bonds. The SMILES string of the molecule is Cc1cc(F)c(-c2cc[c]c(F)c2)c(F)c1. The molecule has 0 spiro atoms. The van der Waals surface area contributed by atoms with Gasteiger partial charge in [-0.25, -0.2) is 13.2 Å². The van der Waals surface area contributed by atoms with Crippen molar-refractivity contribution >= 4 is 0 Å². The highest BCUT2D eigenvalue weighted by Gasteiger charge is 2.12. The van der Waals surface area contributed by atoms with Crippen LogP contribution in [-0.2, 0) is 0 Å². The zero-order chi connectivity index (χ0) is 11.7. The molecule has 0 bridgehead atoms. The smallest absolute Gasteiger partial charge is 0.134 e. The van der Waals surface area contributed by atoms with Gasteiger partial charge < -0.3 is 0 Å². The number of hydrogen-bond donors (Lipinski definition) is 0. The van der Waals surface area contributed by atoms with Gasteiger partial charge in [0, 0.05) is 6.07 Å². The van der Waals surface area contributed by atoms with Gasteiger partial charge in [0.05, 0.1) is 5.56 Å². The van der Waals surface area contributed by atoms with Crippen molar-refractivity contribution in [3.8, 4) is 11.1 Å². The quantitative estimate of drug-likeness (QED) is 0.685. The van der Waals surface area contributed by atoms with Crippen LogP contribution < -0.4 is 0 Å². The van der Waals surface area contributed by atoms with Gasteiger partial charge in [-0.3, -0.25) is 0 Å². The molecule has 0 aromatic heterocycles. The van der Waals surface area contributed by atoms with Crippen molar-refractivity contribution in [2.75, 3.05) is 0 Å². The van der Waals surface area contributed by atoms with E-state index in [1.807, 2.05) is 0 Å². The van der Waals surface area contributed by atoms with E-state index in [1.54, 1.807) is 6.92 Å². The van der Waals surface area contributed by atoms with Gasteiger partial charge in [0.2, 0.25) is 0 Å². The molecule has 3 heteroatoms. The van der Waals surface area contributed by atoms with Crippen LogP contribution in [0, 0.1) is 30.4 Å². The van der Waals surface area contributed by atoms with Crippen LogP contribution in [0.4, 0.5) is 13.2 Å². The zero-order valence-corrected chi connectivity index (χ0v) is 8.52. The summed E-state index contributed by atoms with van der Waals surface area (Å²) in [5.41, 5.74) is 0.450. The van der Waals surface area contributed by atoms with E-state index in [1.165, 1.54) is 24.3 Å². The van der Waals surface area contributed by atoms with Gasteiger partial charge >= 0.3 is 0 Å². The Morgan fingerprint density at radius 3 is 2.19 bits per heavy atom. The maximum atomic E-state index is 13.6. The fraction of sp³-hybridized carbons (Fsp3) is 0.0769. The molecule has 0 atom stereocenters. The van der Waals surface area contributed by atoms with Crippen LogP contribution in [0.25, 0.3) is 11.1 Å². The molecule has 0 aliphatic rings. The second kappa shape index (κ2) is 4.00. The fourth-order valence-electron chi connectivity index (χ4n) is 1.57. The van der Waals surface area contributed by atoms with Gasteiger partial charge in [0.1, 0.15) is 17.5 Å². The topological polar surface area (TPSA) is 0 Å². The number of rotatable bonds is 1. The average molecular weight is 221 g/mol. The van der Waals surface area contributed by atoms with Gasteiger partial charge in [-0.2, -0.15) is 0 Å². The Bertz CT molecular complexity index is 509. The predicted octanol–water partition coefficient (Wildman–Crippen LogP) is 3.88. The highest BCUT2D eigenvalue weighted by molar-refractivity contribution is 5.65. The van der Waals surface area contributed by atoms with E-state index in [4.69, 9.17) is 0 Å². The second-order valence-corrected chi connectivity index (χ2v) is 3.53. The van der Waals surface area contributed by atoms with E-state index in [9.17, 15) is 13.2 Å². The molecule has 0 aliphatic carbocycles. The minimum atomic E-state index is -0.692. The van der Waals surface area contributed by atoms with Crippen molar-refractivity contribution in [2.24, 2.45) is 0 Å². The third kappa shape index (κ3) is 1.94. The van der Waals surface area contributed by atoms with Crippen molar-refractivity contribution in [3.63, 3.8) is 0 Å². The molecule has 2 rings (SSSR count). The number of benzene rings is 2. The summed E-state index contributed by atoms with van der Waals surface area (Å²) in [6, 6.07) is 8.47. The summed E-state index contributed by atoms with van der Waals surface area (Å²) in [7, 11) is 0. The normalized spacial score (nSPS) is 10.5. The molecule has 0 fully saturated rings. The van der Waals surface area contributed by atoms with E-state index < -0.39 is 17.5 Å². The van der Waals surface area contributed by atoms with Gasteiger partial charge in [-0.15, -0.1) is 0 Å². The first-order valence-corrected chi connectivity index (χ1v) is 4.71. The average Bonchev–Trinajstić information content (AvgIpc) is 2.15. The van der Waals surface area contributed by atoms with Crippen molar-refractivity contribution in [3.05, 3.63) is 59.4 Å². The number of aryl methyl sites for hydroxylation is 1. The summed E-state index contributed by atoms with van der Waals surface area (Å²) < 4.78 is 40.0. The Hall–Kier alpha value is -1.77. The molecule has 0 aliphatic heterocycles. The van der Waals surface area contributed by atoms with Crippen molar-refractivity contribution < 1.29 is 13.2 Å². The Kier molecular flexibility index (Phi) is 2.69. The second-order valence-electron chi connectivity index (χ2n) is 3.53. The first-order valence-electron chi connectivity index (χ1n) is 4.71. The number of hydrogen-bond acceptors (Lipinski definition) is 0. The van der Waals surface area contributed by atoms with Gasteiger partial charge in [0.25, 0.3) is 0 Å². The molecule has 81 valence electrons. The Balaban J connectivity index is 2.64. The summed E-state index contributed by atoms with van der Waals surface area (Å²) >= 11 is 0. The Labute approximate surface area is 91.4 Å². The molecule has 2 aromatic carbocycles. The molecule has 0 saturated carbocycles. The molecule has 1 radical (unpaired) electrons. The monoisotopic (exact) mass is 221 g/mol. The highest BCUT2D eigenvalue weighted by atomic mass is 19.1. The lowest BCUT2D eigenvalue weighted by molar-refractivity contribution is 0.587. The Morgan fingerprint density at radius 1 is 1.00 bits per heavy atom. The summed E-state index contributed by atoms with van der Waals surface area (Å²) in [6.45, 7) is 1.59. The summed E-state index contributed by atoms with van der Waals surface area (Å²) in [6.07, 6.45) is 0. The Morgan fingerprint density at radius 2 is 1.62 bits per heavy atom. The van der Waals surface area contributed by atoms with E-state index in [2.05, 4.69) is 6.07 Å². The standard InChI is InChI=1S/C13H8F3/c1-8-5-11(15)13(12(16)6-8)9-3-2-4-10(14)7-9/h2-3,5-7H,1H3. The molecule has 0 saturated heterocycles. The third-order valence-corrected chi connectivity index (χ3v) is 2.24. The molecule has 16 heavy (non-hydrogen) atoms. The van der Waals surface area contributed by atoms with E-state index in [-0.39, 0.29) is 11.1 Å². The third-order valence-electron chi connectivity index (χ3n) is 2.24. The van der Waals surface area contributed by atoms with Gasteiger partial charge in [0.15, 0.2) is 0 Å². The number of halogens is 3. The molecule has 2 aromatic rings. The first kappa shape index (κ1) is 10.7. The van der Waals surface area contributed by atoms with E-state index in [0.717, 1.165) is 6.07 Å². The van der Waals surface area contributed by atoms with Crippen LogP contribution in [0.2, 0.25) is 0 Å². The van der Waals surface area contributed by atoms with Crippen molar-refractivity contribution in [1.29, 1.82) is 0 Å². The van der Waals surface area contributed by atoms with E-state index >= 15 is 0 Å². The van der Waals surface area contributed by atoms with Crippen LogP contribution in [0.15, 0.2) is 30.3 Å². The first-order chi connectivity index (χ1) is 7.58. The lowest BCUT2D eigenvalue weighted by Gasteiger charge is -2.06. The highest BCUT2D eigenvalue weighted by Crippen LogP contribution is 2.27. The fourth-order valence-corrected chi connectivity index (χ4v) is 1.57. The molecule has 0 nitrogen and oxygen atoms in total. The van der Waals surface area contributed by atoms with Crippen LogP contribution >= 0.6 is 0 Å². The van der Waals surface area contributed by atoms with Crippen molar-refractivity contribution in [1.82, 2.24) is 0 Å². The molecular weight excluding hydrogens is 213 g/mol. The largest absolute Gasteiger partial charge is 0.206 e. The van der Waals surface area contributed by atoms with Crippen LogP contribution in [0.5, 0.6) is 0 Å². The zero-order valence-electron chi connectivity index (χ0n) is 8.52. The summed E-state index contributed by atoms with van der Waals surface area (Å²) in [5.74, 6) is -2.02. The minimum absolute atomic E-state index is 0.172. The summed E-state index contributed by atoms with van der Waals surface area (Å²) in [4.78, 5) is 0. The molecule has 0 heterocycles. The molecule has 0 unspecified atom stereocenters. The van der Waals surface area contributed by atoms with E-state index in [0.29, 0.717) is 5.56 Å². The lowest BCUT2D eigenvalue weighted by Crippen LogP contribution is -1.92. The van der Waals surface area contributed by atoms with Crippen molar-refractivity contribution in [2.45, 2.75) is 6.92 Å².